The minimum Gasteiger partial charge on any atom is -0.487 e. The number of hydrogen-bond acceptors (Lipinski definition) is 5. The number of carbonyl (C=O) groups is 1. The molecular formula is C18H25NO6. The molecule has 0 aliphatic heterocycles. The highest BCUT2D eigenvalue weighted by Crippen LogP contribution is 2.33. The molecule has 0 saturated heterocycles. The van der Waals surface area contributed by atoms with Crippen molar-refractivity contribution in [1.29, 1.82) is 0 Å². The molecule has 0 aliphatic rings. The topological polar surface area (TPSA) is 98.3 Å². The highest BCUT2D eigenvalue weighted by molar-refractivity contribution is 5.94. The van der Waals surface area contributed by atoms with E-state index in [1.807, 2.05) is 27.7 Å². The Balaban J connectivity index is 0.00000312. The first kappa shape index (κ1) is 20.5. The maximum absolute atomic E-state index is 12.6. The molecule has 0 bridgehead atoms. The van der Waals surface area contributed by atoms with Crippen molar-refractivity contribution in [3.05, 3.63) is 34.1 Å². The van der Waals surface area contributed by atoms with E-state index in [0.29, 0.717) is 22.4 Å². The first-order chi connectivity index (χ1) is 11.2. The van der Waals surface area contributed by atoms with Crippen LogP contribution >= 0.6 is 0 Å². The molecule has 0 amide bonds. The van der Waals surface area contributed by atoms with Gasteiger partial charge in [-0.15, -0.1) is 0 Å². The van der Waals surface area contributed by atoms with Crippen LogP contribution < -0.4 is 14.9 Å². The Bertz CT molecular complexity index is 822. The number of ether oxygens (including phenoxy) is 3. The zero-order valence-electron chi connectivity index (χ0n) is 15.4. The van der Waals surface area contributed by atoms with Gasteiger partial charge < -0.3 is 24.3 Å². The molecule has 2 aromatic rings. The normalized spacial score (nSPS) is 10.7. The second-order valence-electron chi connectivity index (χ2n) is 6.12. The van der Waals surface area contributed by atoms with Gasteiger partial charge in [-0.2, -0.15) is 0 Å². The van der Waals surface area contributed by atoms with Crippen LogP contribution in [-0.4, -0.2) is 35.3 Å². The predicted molar refractivity (Wildman–Crippen MR) is 95.7 cm³/mol. The van der Waals surface area contributed by atoms with E-state index in [1.54, 1.807) is 23.7 Å². The average Bonchev–Trinajstić information content (AvgIpc) is 2.50. The van der Waals surface area contributed by atoms with Crippen molar-refractivity contribution in [3.63, 3.8) is 0 Å². The molecule has 2 N–H and O–H groups in total. The molecule has 0 saturated carbocycles. The minimum absolute atomic E-state index is 0. The van der Waals surface area contributed by atoms with E-state index in [2.05, 4.69) is 4.74 Å². The van der Waals surface area contributed by atoms with E-state index < -0.39 is 5.97 Å². The van der Waals surface area contributed by atoms with Gasteiger partial charge in [-0.25, -0.2) is 4.79 Å². The van der Waals surface area contributed by atoms with Crippen LogP contribution in [0, 0.1) is 0 Å². The van der Waals surface area contributed by atoms with E-state index in [-0.39, 0.29) is 28.7 Å². The average molecular weight is 351 g/mol. The Labute approximate surface area is 146 Å². The monoisotopic (exact) mass is 351 g/mol. The Morgan fingerprint density at radius 2 is 1.56 bits per heavy atom. The molecule has 0 radical (unpaired) electrons. The van der Waals surface area contributed by atoms with E-state index >= 15 is 0 Å². The van der Waals surface area contributed by atoms with Crippen molar-refractivity contribution in [1.82, 2.24) is 4.57 Å². The van der Waals surface area contributed by atoms with Gasteiger partial charge in [-0.1, -0.05) is 0 Å². The summed E-state index contributed by atoms with van der Waals surface area (Å²) in [7, 11) is 3.01. The number of hydrogen-bond donors (Lipinski definition) is 0. The fourth-order valence-corrected chi connectivity index (χ4v) is 2.44. The summed E-state index contributed by atoms with van der Waals surface area (Å²) in [6.45, 7) is 7.63. The number of pyridine rings is 1. The van der Waals surface area contributed by atoms with Crippen LogP contribution in [0.5, 0.6) is 11.5 Å². The fraction of sp³-hybridized carbons (Fsp3) is 0.444. The van der Waals surface area contributed by atoms with Crippen LogP contribution in [0.15, 0.2) is 23.1 Å². The largest absolute Gasteiger partial charge is 0.487 e. The number of fused-ring (bicyclic) bond motifs is 1. The summed E-state index contributed by atoms with van der Waals surface area (Å²) >= 11 is 0. The number of methoxy groups -OCH3 is 1. The summed E-state index contributed by atoms with van der Waals surface area (Å²) in [6, 6.07) is 3.39. The van der Waals surface area contributed by atoms with Crippen molar-refractivity contribution >= 4 is 16.9 Å². The predicted octanol–water partition coefficient (Wildman–Crippen LogP) is 2.07. The lowest BCUT2D eigenvalue weighted by Crippen LogP contribution is -2.20. The summed E-state index contributed by atoms with van der Waals surface area (Å²) in [5.41, 5.74) is 0.250. The lowest BCUT2D eigenvalue weighted by Gasteiger charge is -2.19. The number of nitrogens with zero attached hydrogens (tertiary/aromatic N) is 1. The number of aromatic nitrogens is 1. The number of benzene rings is 1. The third-order valence-corrected chi connectivity index (χ3v) is 3.38. The summed E-state index contributed by atoms with van der Waals surface area (Å²) in [5.74, 6) is 0.378. The van der Waals surface area contributed by atoms with E-state index in [4.69, 9.17) is 9.47 Å². The van der Waals surface area contributed by atoms with Gasteiger partial charge in [-0.05, 0) is 33.8 Å². The zero-order chi connectivity index (χ0) is 18.0. The number of rotatable bonds is 5. The molecule has 1 aromatic heterocycles. The molecule has 1 heterocycles. The van der Waals surface area contributed by atoms with Crippen LogP contribution in [0.4, 0.5) is 0 Å². The molecule has 2 rings (SSSR count). The SMILES string of the molecule is COC(=O)c1cn(C)c2cc(OC(C)C)c(OC(C)C)cc2c1=O.O. The van der Waals surface area contributed by atoms with Crippen molar-refractivity contribution in [2.75, 3.05) is 7.11 Å². The summed E-state index contributed by atoms with van der Waals surface area (Å²) in [5, 5.41) is 0.382. The molecule has 0 unspecified atom stereocenters. The lowest BCUT2D eigenvalue weighted by atomic mass is 10.1. The highest BCUT2D eigenvalue weighted by atomic mass is 16.5. The van der Waals surface area contributed by atoms with Gasteiger partial charge >= 0.3 is 5.97 Å². The van der Waals surface area contributed by atoms with Gasteiger partial charge in [0, 0.05) is 19.3 Å². The van der Waals surface area contributed by atoms with Crippen LogP contribution in [0.3, 0.4) is 0 Å². The highest BCUT2D eigenvalue weighted by Gasteiger charge is 2.18. The summed E-state index contributed by atoms with van der Waals surface area (Å²) in [4.78, 5) is 24.5. The van der Waals surface area contributed by atoms with Gasteiger partial charge in [0.15, 0.2) is 11.5 Å². The van der Waals surface area contributed by atoms with E-state index in [1.165, 1.54) is 13.3 Å². The molecule has 0 fully saturated rings. The maximum Gasteiger partial charge on any atom is 0.343 e. The zero-order valence-corrected chi connectivity index (χ0v) is 15.4. The first-order valence-corrected chi connectivity index (χ1v) is 7.83. The molecule has 7 heteroatoms. The third-order valence-electron chi connectivity index (χ3n) is 3.38. The summed E-state index contributed by atoms with van der Waals surface area (Å²) < 4.78 is 18.0. The van der Waals surface area contributed by atoms with Crippen molar-refractivity contribution in [3.8, 4) is 11.5 Å². The Kier molecular flexibility index (Phi) is 6.58. The molecule has 138 valence electrons. The Hall–Kier alpha value is -2.54. The third kappa shape index (κ3) is 4.30. The van der Waals surface area contributed by atoms with Crippen molar-refractivity contribution < 1.29 is 24.5 Å². The number of aryl methyl sites for hydroxylation is 1. The van der Waals surface area contributed by atoms with Gasteiger partial charge in [0.05, 0.1) is 30.2 Å². The van der Waals surface area contributed by atoms with Gasteiger partial charge in [0.25, 0.3) is 0 Å². The van der Waals surface area contributed by atoms with Crippen LogP contribution in [0.25, 0.3) is 10.9 Å². The standard InChI is InChI=1S/C18H23NO5.H2O/c1-10(2)23-15-7-12-14(8-16(15)24-11(3)4)19(5)9-13(17(12)20)18(21)22-6;/h7-11H,1-6H3;1H2. The minimum atomic E-state index is -0.661. The molecule has 25 heavy (non-hydrogen) atoms. The van der Waals surface area contributed by atoms with Crippen molar-refractivity contribution in [2.24, 2.45) is 7.05 Å². The molecule has 0 atom stereocenters. The van der Waals surface area contributed by atoms with E-state index in [0.717, 1.165) is 0 Å². The second-order valence-corrected chi connectivity index (χ2v) is 6.12. The first-order valence-electron chi connectivity index (χ1n) is 7.83. The molecule has 0 spiro atoms. The van der Waals surface area contributed by atoms with Gasteiger partial charge in [-0.3, -0.25) is 4.79 Å². The number of carbonyl (C=O) groups excluding carboxylic acids is 1. The molecule has 1 aromatic carbocycles. The molecular weight excluding hydrogens is 326 g/mol. The fourth-order valence-electron chi connectivity index (χ4n) is 2.44. The lowest BCUT2D eigenvalue weighted by molar-refractivity contribution is 0.0598. The smallest absolute Gasteiger partial charge is 0.343 e. The van der Waals surface area contributed by atoms with Crippen molar-refractivity contribution in [2.45, 2.75) is 39.9 Å². The quantitative estimate of drug-likeness (QED) is 0.768. The Morgan fingerprint density at radius 1 is 1.04 bits per heavy atom. The Morgan fingerprint density at radius 3 is 2.04 bits per heavy atom. The summed E-state index contributed by atoms with van der Waals surface area (Å²) in [6.07, 6.45) is 1.35. The molecule has 7 nitrogen and oxygen atoms in total. The number of esters is 1. The van der Waals surface area contributed by atoms with E-state index in [9.17, 15) is 9.59 Å². The van der Waals surface area contributed by atoms with Gasteiger partial charge in [0.2, 0.25) is 5.43 Å². The second kappa shape index (κ2) is 8.02. The van der Waals surface area contributed by atoms with Gasteiger partial charge in [0.1, 0.15) is 5.56 Å². The maximum atomic E-state index is 12.6. The molecule has 0 aliphatic carbocycles. The van der Waals surface area contributed by atoms with Crippen LogP contribution in [0.2, 0.25) is 0 Å². The van der Waals surface area contributed by atoms with Crippen LogP contribution in [0.1, 0.15) is 38.1 Å². The van der Waals surface area contributed by atoms with Crippen LogP contribution in [-0.2, 0) is 11.8 Å².